The number of hydrogen-bond acceptors (Lipinski definition) is 5. The summed E-state index contributed by atoms with van der Waals surface area (Å²) in [5.41, 5.74) is 6.72. The molecule has 0 unspecified atom stereocenters. The minimum atomic E-state index is -0.468. The Morgan fingerprint density at radius 3 is 2.84 bits per heavy atom. The molecule has 1 aromatic carbocycles. The first-order chi connectivity index (χ1) is 9.13. The van der Waals surface area contributed by atoms with Crippen molar-refractivity contribution in [3.8, 4) is 11.9 Å². The quantitative estimate of drug-likeness (QED) is 0.883. The number of methoxy groups -OCH3 is 1. The molecular formula is C13H11FN4O. The molecule has 0 atom stereocenters. The Morgan fingerprint density at radius 1 is 1.37 bits per heavy atom. The first-order valence-electron chi connectivity index (χ1n) is 5.41. The number of nitrogens with one attached hydrogen (secondary N) is 1. The topological polar surface area (TPSA) is 84.0 Å². The van der Waals surface area contributed by atoms with Gasteiger partial charge in [-0.2, -0.15) is 10.2 Å². The highest BCUT2D eigenvalue weighted by Gasteiger charge is 2.07. The summed E-state index contributed by atoms with van der Waals surface area (Å²) in [7, 11) is 1.46. The number of anilines is 3. The van der Waals surface area contributed by atoms with E-state index >= 15 is 0 Å². The van der Waals surface area contributed by atoms with Gasteiger partial charge in [0.05, 0.1) is 24.0 Å². The van der Waals surface area contributed by atoms with Gasteiger partial charge in [-0.15, -0.1) is 0 Å². The maximum absolute atomic E-state index is 13.0. The van der Waals surface area contributed by atoms with Gasteiger partial charge in [0, 0.05) is 0 Å². The molecule has 0 radical (unpaired) electrons. The number of nitrogens with two attached hydrogens (primary N) is 1. The zero-order chi connectivity index (χ0) is 13.8. The van der Waals surface area contributed by atoms with E-state index in [2.05, 4.69) is 10.3 Å². The highest BCUT2D eigenvalue weighted by molar-refractivity contribution is 5.66. The van der Waals surface area contributed by atoms with Crippen molar-refractivity contribution in [3.63, 3.8) is 0 Å². The lowest BCUT2D eigenvalue weighted by Gasteiger charge is -2.09. The highest BCUT2D eigenvalue weighted by atomic mass is 19.1. The standard InChI is InChI=1S/C13H11FN4O/c1-19-13-10(16)3-5-12(18-13)17-11-4-2-9(14)6-8(11)7-15/h2-6H,16H2,1H3,(H,17,18). The van der Waals surface area contributed by atoms with Gasteiger partial charge in [-0.1, -0.05) is 0 Å². The molecule has 0 fully saturated rings. The molecule has 19 heavy (non-hydrogen) atoms. The second-order valence-corrected chi connectivity index (χ2v) is 3.72. The summed E-state index contributed by atoms with van der Waals surface area (Å²) in [6.45, 7) is 0. The number of nitrogens with zero attached hydrogens (tertiary/aromatic N) is 2. The van der Waals surface area contributed by atoms with E-state index in [0.29, 0.717) is 17.2 Å². The zero-order valence-corrected chi connectivity index (χ0v) is 10.1. The van der Waals surface area contributed by atoms with E-state index in [4.69, 9.17) is 15.7 Å². The fraction of sp³-hybridized carbons (Fsp3) is 0.0769. The minimum absolute atomic E-state index is 0.192. The fourth-order valence-electron chi connectivity index (χ4n) is 1.54. The third-order valence-corrected chi connectivity index (χ3v) is 2.45. The van der Waals surface area contributed by atoms with Crippen molar-refractivity contribution in [3.05, 3.63) is 41.7 Å². The molecule has 0 aliphatic carbocycles. The summed E-state index contributed by atoms with van der Waals surface area (Å²) >= 11 is 0. The molecule has 1 aromatic heterocycles. The highest BCUT2D eigenvalue weighted by Crippen LogP contribution is 2.24. The molecule has 5 nitrogen and oxygen atoms in total. The lowest BCUT2D eigenvalue weighted by molar-refractivity contribution is 0.401. The number of nitriles is 1. The van der Waals surface area contributed by atoms with Crippen molar-refractivity contribution in [2.24, 2.45) is 0 Å². The van der Waals surface area contributed by atoms with Crippen LogP contribution in [0.15, 0.2) is 30.3 Å². The predicted octanol–water partition coefficient (Wildman–Crippen LogP) is 2.43. The van der Waals surface area contributed by atoms with Crippen molar-refractivity contribution in [2.75, 3.05) is 18.2 Å². The van der Waals surface area contributed by atoms with E-state index in [-0.39, 0.29) is 11.4 Å². The van der Waals surface area contributed by atoms with E-state index in [9.17, 15) is 4.39 Å². The Balaban J connectivity index is 2.34. The van der Waals surface area contributed by atoms with Gasteiger partial charge in [0.25, 0.3) is 0 Å². The van der Waals surface area contributed by atoms with Crippen LogP contribution in [0.3, 0.4) is 0 Å². The van der Waals surface area contributed by atoms with Crippen molar-refractivity contribution in [2.45, 2.75) is 0 Å². The molecule has 3 N–H and O–H groups in total. The van der Waals surface area contributed by atoms with Gasteiger partial charge in [0.15, 0.2) is 0 Å². The monoisotopic (exact) mass is 258 g/mol. The largest absolute Gasteiger partial charge is 0.479 e. The van der Waals surface area contributed by atoms with Gasteiger partial charge in [0.1, 0.15) is 17.7 Å². The molecule has 96 valence electrons. The number of rotatable bonds is 3. The van der Waals surface area contributed by atoms with Gasteiger partial charge in [-0.3, -0.25) is 0 Å². The van der Waals surface area contributed by atoms with Crippen LogP contribution in [0, 0.1) is 17.1 Å². The molecule has 0 aliphatic heterocycles. The van der Waals surface area contributed by atoms with Crippen LogP contribution in [-0.4, -0.2) is 12.1 Å². The molecule has 2 rings (SSSR count). The molecule has 0 saturated heterocycles. The number of pyridine rings is 1. The SMILES string of the molecule is COc1nc(Nc2ccc(F)cc2C#N)ccc1N. The van der Waals surface area contributed by atoms with E-state index < -0.39 is 5.82 Å². The van der Waals surface area contributed by atoms with Gasteiger partial charge in [-0.25, -0.2) is 4.39 Å². The molecule has 0 saturated carbocycles. The number of aromatic nitrogens is 1. The van der Waals surface area contributed by atoms with Gasteiger partial charge >= 0.3 is 0 Å². The maximum atomic E-state index is 13.0. The van der Waals surface area contributed by atoms with Crippen LogP contribution >= 0.6 is 0 Å². The molecule has 0 bridgehead atoms. The molecule has 0 aliphatic rings. The number of ether oxygens (including phenoxy) is 1. The first-order valence-corrected chi connectivity index (χ1v) is 5.41. The summed E-state index contributed by atoms with van der Waals surface area (Å²) < 4.78 is 18.0. The maximum Gasteiger partial charge on any atom is 0.238 e. The Labute approximate surface area is 109 Å². The van der Waals surface area contributed by atoms with Crippen LogP contribution in [0.5, 0.6) is 5.88 Å². The summed E-state index contributed by atoms with van der Waals surface area (Å²) in [6.07, 6.45) is 0. The van der Waals surface area contributed by atoms with Crippen LogP contribution in [0.25, 0.3) is 0 Å². The smallest absolute Gasteiger partial charge is 0.238 e. The average molecular weight is 258 g/mol. The number of halogens is 1. The molecule has 2 aromatic rings. The van der Waals surface area contributed by atoms with Crippen LogP contribution < -0.4 is 15.8 Å². The van der Waals surface area contributed by atoms with Crippen LogP contribution in [0.1, 0.15) is 5.56 Å². The fourth-order valence-corrected chi connectivity index (χ4v) is 1.54. The van der Waals surface area contributed by atoms with Crippen LogP contribution in [0.2, 0.25) is 0 Å². The minimum Gasteiger partial charge on any atom is -0.479 e. The summed E-state index contributed by atoms with van der Waals surface area (Å²) in [6, 6.07) is 9.06. The number of hydrogen-bond donors (Lipinski definition) is 2. The van der Waals surface area contributed by atoms with E-state index in [1.54, 1.807) is 12.1 Å². The van der Waals surface area contributed by atoms with Crippen molar-refractivity contribution in [1.82, 2.24) is 4.98 Å². The first kappa shape index (κ1) is 12.6. The third kappa shape index (κ3) is 2.72. The van der Waals surface area contributed by atoms with E-state index in [1.807, 2.05) is 6.07 Å². The second-order valence-electron chi connectivity index (χ2n) is 3.72. The molecule has 0 amide bonds. The molecule has 0 spiro atoms. The summed E-state index contributed by atoms with van der Waals surface area (Å²) in [4.78, 5) is 4.12. The van der Waals surface area contributed by atoms with E-state index in [0.717, 1.165) is 6.07 Å². The summed E-state index contributed by atoms with van der Waals surface area (Å²) in [5, 5.41) is 11.9. The average Bonchev–Trinajstić information content (AvgIpc) is 2.42. The predicted molar refractivity (Wildman–Crippen MR) is 69.6 cm³/mol. The van der Waals surface area contributed by atoms with Gasteiger partial charge < -0.3 is 15.8 Å². The van der Waals surface area contributed by atoms with Gasteiger partial charge in [-0.05, 0) is 30.3 Å². The normalized spacial score (nSPS) is 9.74. The molecular weight excluding hydrogens is 247 g/mol. The van der Waals surface area contributed by atoms with Crippen molar-refractivity contribution < 1.29 is 9.13 Å². The van der Waals surface area contributed by atoms with Crippen LogP contribution in [0.4, 0.5) is 21.6 Å². The Kier molecular flexibility index (Phi) is 3.48. The molecule has 6 heteroatoms. The lowest BCUT2D eigenvalue weighted by Crippen LogP contribution is -2.00. The van der Waals surface area contributed by atoms with Crippen molar-refractivity contribution >= 4 is 17.2 Å². The third-order valence-electron chi connectivity index (χ3n) is 2.45. The molecule has 1 heterocycles. The zero-order valence-electron chi connectivity index (χ0n) is 10.1. The van der Waals surface area contributed by atoms with Crippen molar-refractivity contribution in [1.29, 1.82) is 5.26 Å². The lowest BCUT2D eigenvalue weighted by atomic mass is 10.2. The van der Waals surface area contributed by atoms with Gasteiger partial charge in [0.2, 0.25) is 5.88 Å². The Bertz CT molecular complexity index is 652. The van der Waals surface area contributed by atoms with Crippen LogP contribution in [-0.2, 0) is 0 Å². The Hall–Kier alpha value is -2.81. The summed E-state index contributed by atoms with van der Waals surface area (Å²) in [5.74, 6) is 0.268. The Morgan fingerprint density at radius 2 is 2.16 bits per heavy atom. The number of nitrogen functional groups attached to an aromatic ring is 1. The second kappa shape index (κ2) is 5.23. The van der Waals surface area contributed by atoms with E-state index in [1.165, 1.54) is 19.2 Å². The number of benzene rings is 1.